The monoisotopic (exact) mass is 289 g/mol. The van der Waals surface area contributed by atoms with Gasteiger partial charge in [-0.15, -0.1) is 11.3 Å². The highest BCUT2D eigenvalue weighted by Crippen LogP contribution is 2.14. The number of carbonyl (C=O) groups is 1. The number of thiazole rings is 1. The number of aromatic carboxylic acids is 1. The SMILES string of the molecule is O=C(O)c1ccc2[nH]c(=O)n(CCc3cscn3)c2c1. The van der Waals surface area contributed by atoms with E-state index in [-0.39, 0.29) is 11.3 Å². The molecule has 2 N–H and O–H groups in total. The smallest absolute Gasteiger partial charge is 0.335 e. The van der Waals surface area contributed by atoms with Gasteiger partial charge in [-0.2, -0.15) is 0 Å². The van der Waals surface area contributed by atoms with Gasteiger partial charge in [-0.3, -0.25) is 4.57 Å². The molecule has 0 aliphatic carbocycles. The summed E-state index contributed by atoms with van der Waals surface area (Å²) in [6.45, 7) is 0.464. The van der Waals surface area contributed by atoms with Crippen LogP contribution in [0.5, 0.6) is 0 Å². The second kappa shape index (κ2) is 4.93. The van der Waals surface area contributed by atoms with Crippen molar-refractivity contribution in [3.8, 4) is 0 Å². The predicted molar refractivity (Wildman–Crippen MR) is 75.3 cm³/mol. The number of hydrogen-bond acceptors (Lipinski definition) is 4. The Morgan fingerprint density at radius 1 is 1.45 bits per heavy atom. The zero-order chi connectivity index (χ0) is 14.1. The highest BCUT2D eigenvalue weighted by atomic mass is 32.1. The molecule has 0 aliphatic heterocycles. The van der Waals surface area contributed by atoms with Crippen LogP contribution in [-0.4, -0.2) is 25.6 Å². The standard InChI is InChI=1S/C13H11N3O3S/c17-12(18)8-1-2-10-11(5-8)16(13(19)15-10)4-3-9-6-20-7-14-9/h1-2,5-7H,3-4H2,(H,15,19)(H,17,18). The van der Waals surface area contributed by atoms with E-state index in [0.717, 1.165) is 5.69 Å². The number of hydrogen-bond donors (Lipinski definition) is 2. The first-order chi connectivity index (χ1) is 9.65. The minimum Gasteiger partial charge on any atom is -0.478 e. The molecular weight excluding hydrogens is 278 g/mol. The number of benzene rings is 1. The molecule has 0 aliphatic rings. The van der Waals surface area contributed by atoms with Gasteiger partial charge < -0.3 is 10.1 Å². The number of fused-ring (bicyclic) bond motifs is 1. The first kappa shape index (κ1) is 12.6. The van der Waals surface area contributed by atoms with Gasteiger partial charge in [0.1, 0.15) is 0 Å². The molecule has 0 saturated carbocycles. The highest BCUT2D eigenvalue weighted by Gasteiger charge is 2.10. The highest BCUT2D eigenvalue weighted by molar-refractivity contribution is 7.07. The average molecular weight is 289 g/mol. The quantitative estimate of drug-likeness (QED) is 0.765. The van der Waals surface area contributed by atoms with Gasteiger partial charge in [-0.25, -0.2) is 14.6 Å². The second-order valence-electron chi connectivity index (χ2n) is 4.35. The van der Waals surface area contributed by atoms with Crippen molar-refractivity contribution < 1.29 is 9.90 Å². The van der Waals surface area contributed by atoms with Crippen LogP contribution in [0.2, 0.25) is 0 Å². The van der Waals surface area contributed by atoms with Gasteiger partial charge in [0.25, 0.3) is 0 Å². The van der Waals surface area contributed by atoms with Crippen LogP contribution in [0.4, 0.5) is 0 Å². The Hall–Kier alpha value is -2.41. The molecule has 20 heavy (non-hydrogen) atoms. The number of H-pyrrole nitrogens is 1. The van der Waals surface area contributed by atoms with Gasteiger partial charge in [0.05, 0.1) is 27.8 Å². The lowest BCUT2D eigenvalue weighted by molar-refractivity contribution is 0.0697. The van der Waals surface area contributed by atoms with E-state index in [2.05, 4.69) is 9.97 Å². The van der Waals surface area contributed by atoms with Crippen LogP contribution in [0.1, 0.15) is 16.1 Å². The summed E-state index contributed by atoms with van der Waals surface area (Å²) in [7, 11) is 0. The van der Waals surface area contributed by atoms with Crippen molar-refractivity contribution in [2.75, 3.05) is 0 Å². The zero-order valence-electron chi connectivity index (χ0n) is 10.4. The summed E-state index contributed by atoms with van der Waals surface area (Å²) in [4.78, 5) is 29.8. The number of aromatic nitrogens is 3. The second-order valence-corrected chi connectivity index (χ2v) is 5.07. The number of carboxylic acids is 1. The van der Waals surface area contributed by atoms with Crippen molar-refractivity contribution in [3.63, 3.8) is 0 Å². The Bertz CT molecular complexity index is 817. The predicted octanol–water partition coefficient (Wildman–Crippen LogP) is 1.73. The van der Waals surface area contributed by atoms with Crippen LogP contribution >= 0.6 is 11.3 Å². The number of nitrogens with zero attached hydrogens (tertiary/aromatic N) is 2. The summed E-state index contributed by atoms with van der Waals surface area (Å²) in [5.74, 6) is -1.01. The van der Waals surface area contributed by atoms with Crippen molar-refractivity contribution in [3.05, 3.63) is 50.8 Å². The number of imidazole rings is 1. The molecule has 0 spiro atoms. The molecule has 1 aromatic carbocycles. The molecule has 0 radical (unpaired) electrons. The first-order valence-electron chi connectivity index (χ1n) is 5.98. The van der Waals surface area contributed by atoms with Gasteiger partial charge in [0, 0.05) is 18.3 Å². The van der Waals surface area contributed by atoms with E-state index in [9.17, 15) is 9.59 Å². The van der Waals surface area contributed by atoms with Crippen LogP contribution in [-0.2, 0) is 13.0 Å². The van der Waals surface area contributed by atoms with E-state index in [1.807, 2.05) is 5.38 Å². The van der Waals surface area contributed by atoms with E-state index in [1.54, 1.807) is 16.1 Å². The Balaban J connectivity index is 2.00. The number of rotatable bonds is 4. The molecule has 2 heterocycles. The number of aromatic amines is 1. The maximum Gasteiger partial charge on any atom is 0.335 e. The summed E-state index contributed by atoms with van der Waals surface area (Å²) in [5, 5.41) is 10.9. The summed E-state index contributed by atoms with van der Waals surface area (Å²) in [6, 6.07) is 4.60. The third-order valence-corrected chi connectivity index (χ3v) is 3.73. The zero-order valence-corrected chi connectivity index (χ0v) is 11.2. The minimum atomic E-state index is -1.01. The fourth-order valence-electron chi connectivity index (χ4n) is 2.10. The average Bonchev–Trinajstić information content (AvgIpc) is 3.02. The number of nitrogens with one attached hydrogen (secondary N) is 1. The van der Waals surface area contributed by atoms with Crippen LogP contribution < -0.4 is 5.69 Å². The third kappa shape index (κ3) is 2.23. The van der Waals surface area contributed by atoms with Crippen LogP contribution in [0.25, 0.3) is 11.0 Å². The van der Waals surface area contributed by atoms with Gasteiger partial charge >= 0.3 is 11.7 Å². The lowest BCUT2D eigenvalue weighted by atomic mass is 10.2. The van der Waals surface area contributed by atoms with E-state index in [1.165, 1.54) is 23.5 Å². The Morgan fingerprint density at radius 2 is 2.30 bits per heavy atom. The van der Waals surface area contributed by atoms with E-state index in [0.29, 0.717) is 24.0 Å². The first-order valence-corrected chi connectivity index (χ1v) is 6.92. The molecule has 0 atom stereocenters. The molecule has 2 aromatic heterocycles. The summed E-state index contributed by atoms with van der Waals surface area (Å²) >= 11 is 1.51. The van der Waals surface area contributed by atoms with Crippen molar-refractivity contribution in [1.82, 2.24) is 14.5 Å². The van der Waals surface area contributed by atoms with Gasteiger partial charge in [-0.1, -0.05) is 0 Å². The molecule has 0 amide bonds. The number of aryl methyl sites for hydroxylation is 2. The summed E-state index contributed by atoms with van der Waals surface area (Å²) in [5.41, 5.74) is 3.83. The molecule has 6 nitrogen and oxygen atoms in total. The molecule has 3 aromatic rings. The minimum absolute atomic E-state index is 0.166. The molecule has 0 unspecified atom stereocenters. The van der Waals surface area contributed by atoms with Gasteiger partial charge in [-0.05, 0) is 18.2 Å². The summed E-state index contributed by atoms with van der Waals surface area (Å²) in [6.07, 6.45) is 0.633. The molecule has 7 heteroatoms. The fraction of sp³-hybridized carbons (Fsp3) is 0.154. The maximum absolute atomic E-state index is 11.9. The van der Waals surface area contributed by atoms with Crippen LogP contribution in [0, 0.1) is 0 Å². The lowest BCUT2D eigenvalue weighted by Gasteiger charge is -2.02. The summed E-state index contributed by atoms with van der Waals surface area (Å²) < 4.78 is 1.54. The van der Waals surface area contributed by atoms with Gasteiger partial charge in [0.15, 0.2) is 0 Å². The van der Waals surface area contributed by atoms with Crippen LogP contribution in [0.15, 0.2) is 33.9 Å². The largest absolute Gasteiger partial charge is 0.478 e. The molecule has 102 valence electrons. The Kier molecular flexibility index (Phi) is 3.11. The maximum atomic E-state index is 11.9. The molecule has 0 saturated heterocycles. The fourth-order valence-corrected chi connectivity index (χ4v) is 2.69. The lowest BCUT2D eigenvalue weighted by Crippen LogP contribution is -2.18. The molecule has 0 fully saturated rings. The Morgan fingerprint density at radius 3 is 3.00 bits per heavy atom. The Labute approximate surface area is 117 Å². The topological polar surface area (TPSA) is 88.0 Å². The molecular formula is C13H11N3O3S. The van der Waals surface area contributed by atoms with Gasteiger partial charge in [0.2, 0.25) is 0 Å². The van der Waals surface area contributed by atoms with E-state index < -0.39 is 5.97 Å². The molecule has 0 bridgehead atoms. The van der Waals surface area contributed by atoms with Crippen molar-refractivity contribution >= 4 is 28.3 Å². The van der Waals surface area contributed by atoms with Crippen molar-refractivity contribution in [2.24, 2.45) is 0 Å². The molecule has 3 rings (SSSR count). The van der Waals surface area contributed by atoms with Crippen LogP contribution in [0.3, 0.4) is 0 Å². The van der Waals surface area contributed by atoms with Crippen molar-refractivity contribution in [1.29, 1.82) is 0 Å². The van der Waals surface area contributed by atoms with E-state index >= 15 is 0 Å². The normalized spacial score (nSPS) is 11.0. The number of carboxylic acid groups (broad SMARTS) is 1. The third-order valence-electron chi connectivity index (χ3n) is 3.10. The van der Waals surface area contributed by atoms with Crippen molar-refractivity contribution in [2.45, 2.75) is 13.0 Å². The van der Waals surface area contributed by atoms with E-state index in [4.69, 9.17) is 5.11 Å².